The molecule has 0 bridgehead atoms. The van der Waals surface area contributed by atoms with Gasteiger partial charge in [-0.1, -0.05) is 115 Å². The summed E-state index contributed by atoms with van der Waals surface area (Å²) in [6.07, 6.45) is 37.7. The molecule has 14 nitrogen and oxygen atoms in total. The lowest BCUT2D eigenvalue weighted by Crippen LogP contribution is -2.39. The Bertz CT molecular complexity index is 6150. The van der Waals surface area contributed by atoms with E-state index in [1.807, 2.05) is 157 Å². The number of rotatable bonds is 13. The molecule has 10 aromatic rings. The molecule has 0 fully saturated rings. The Morgan fingerprint density at radius 1 is 0.248 bits per heavy atom. The molecule has 5 aliphatic carbocycles. The first-order chi connectivity index (χ1) is 59.8. The number of benzene rings is 10. The molecule has 0 saturated heterocycles. The molecule has 18 N–H and O–H groups in total. The van der Waals surface area contributed by atoms with E-state index in [0.717, 1.165) is 151 Å². The third-order valence-electron chi connectivity index (χ3n) is 22.4. The fourth-order valence-electron chi connectivity index (χ4n) is 14.7. The summed E-state index contributed by atoms with van der Waals surface area (Å²) < 4.78 is 4.25. The van der Waals surface area contributed by atoms with Crippen LogP contribution in [0.15, 0.2) is 373 Å². The zero-order valence-electron chi connectivity index (χ0n) is 75.2. The molecule has 0 radical (unpaired) electrons. The summed E-state index contributed by atoms with van der Waals surface area (Å²) in [6, 6.07) is 77.3. The standard InChI is InChI=1S/C25H30N3.C23H25N2.C22H23N3.C21H21N3.C20H19N3/c1-26(2)22-13-7-19(8-14-22)25(20-9-15-23(16-10-20)27(3)4)21-11-17-24(18-12-21)28(5)6;1-24(2)21-14-10-19(11-15-21)23(18-8-6-5-7-9-18)20-12-16-22(17-13-20)25(3)4;1-13-10-16(4-7-19(13)23)22(17-5-8-20(24)14(2)11-17)18-6-9-21(25)15(3)12-18;1-13-11-16(5-9-19(13)23)21(15-3-7-18(22)8-4-15)17-6-10-20(24)14(2)12-17;1-13-12-16(6-11-19(13)23)20(14-2-7-17(21)8-3-14)15-4-9-18(22)10-5-15/h7-18H,1-6H3;5-17H,1-4H3;4-12,23H,24-25H2,1-3H3;3-12,23H,22,24H2,1-2H3;2-12,21H,22-23H2,1H3/q2*+1;;;/p+3. The number of nitrogen functional groups attached to an aromatic ring is 6. The SMILES string of the molecule is CC1=CC(=C(c2ccc(N)c(C)c2)c2ccc(N)c(C)c2)C=CC1=[NH2+].CC1=CC(=C(c2ccc(N)cc2)c2ccc(N)c(C)c2)C=CC1=[NH2+].CN(C)c1ccc(C(=C2C=CC(=[N+](C)C)C=C2)c2ccc(N(C)C)cc2)cc1.CN(C)c1ccc(C(=C2C=CC(=[N+](C)C)C=C2)c2ccccc2)cc1.Cc1cc(C(=C2C=CC(=[NH2+])C=C2)c2ccc(N)cc2)ccc1N. The molecule has 0 atom stereocenters. The van der Waals surface area contributed by atoms with Crippen LogP contribution in [0, 0.1) is 27.7 Å². The zero-order valence-corrected chi connectivity index (χ0v) is 75.2. The van der Waals surface area contributed by atoms with Crippen molar-refractivity contribution in [1.82, 2.24) is 0 Å². The fraction of sp³-hybridized carbons (Fsp3) is 0.144. The minimum atomic E-state index is 0.749. The maximum atomic E-state index is 6.01. The molecule has 14 heteroatoms. The largest absolute Gasteiger partial charge is 0.399 e. The third kappa shape index (κ3) is 23.3. The third-order valence-corrected chi connectivity index (χ3v) is 22.4. The summed E-state index contributed by atoms with van der Waals surface area (Å²) >= 11 is 0. The predicted octanol–water partition coefficient (Wildman–Crippen LogP) is 16.8. The Hall–Kier alpha value is -15.2. The second-order valence-electron chi connectivity index (χ2n) is 32.7. The molecule has 630 valence electrons. The summed E-state index contributed by atoms with van der Waals surface area (Å²) in [5.74, 6) is 0. The van der Waals surface area contributed by atoms with E-state index in [1.54, 1.807) is 0 Å². The molecule has 0 aliphatic heterocycles. The quantitative estimate of drug-likeness (QED) is 0.0393. The maximum Gasteiger partial charge on any atom is 0.199 e. The predicted molar refractivity (Wildman–Crippen MR) is 539 cm³/mol. The van der Waals surface area contributed by atoms with Crippen LogP contribution in [0.5, 0.6) is 0 Å². The maximum absolute atomic E-state index is 6.01. The first-order valence-corrected chi connectivity index (χ1v) is 41.8. The van der Waals surface area contributed by atoms with Crippen molar-refractivity contribution in [1.29, 1.82) is 0 Å². The number of nitrogens with two attached hydrogens (primary N) is 9. The van der Waals surface area contributed by atoms with Crippen molar-refractivity contribution in [3.8, 4) is 0 Å². The Labute approximate surface area is 740 Å². The summed E-state index contributed by atoms with van der Waals surface area (Å²) in [6.45, 7) is 12.1. The molecule has 15 rings (SSSR count). The molecular formula is C111H121N14+5. The lowest BCUT2D eigenvalue weighted by Gasteiger charge is -2.18. The summed E-state index contributed by atoms with van der Waals surface area (Å²) in [7, 11) is 20.7. The molecular weight excluding hydrogens is 1530 g/mol. The average molecular weight is 1650 g/mol. The molecule has 5 aliphatic rings. The van der Waals surface area contributed by atoms with Crippen LogP contribution in [0.1, 0.15) is 91.7 Å². The van der Waals surface area contributed by atoms with Gasteiger partial charge in [-0.25, -0.2) is 9.15 Å². The Kier molecular flexibility index (Phi) is 30.0. The van der Waals surface area contributed by atoms with Gasteiger partial charge < -0.3 is 49.1 Å². The van der Waals surface area contributed by atoms with Gasteiger partial charge in [0.1, 0.15) is 28.2 Å². The van der Waals surface area contributed by atoms with Crippen molar-refractivity contribution in [2.75, 3.05) is 120 Å². The van der Waals surface area contributed by atoms with E-state index < -0.39 is 0 Å². The average Bonchev–Trinajstić information content (AvgIpc) is 0.799. The van der Waals surface area contributed by atoms with Crippen LogP contribution in [-0.4, -0.2) is 108 Å². The summed E-state index contributed by atoms with van der Waals surface area (Å²) in [4.78, 5) is 6.38. The van der Waals surface area contributed by atoms with Crippen molar-refractivity contribution >= 4 is 108 Å². The molecule has 0 unspecified atom stereocenters. The van der Waals surface area contributed by atoms with Crippen LogP contribution >= 0.6 is 0 Å². The Morgan fingerprint density at radius 2 is 0.472 bits per heavy atom. The molecule has 0 amide bonds. The van der Waals surface area contributed by atoms with Crippen LogP contribution in [0.2, 0.25) is 0 Å². The lowest BCUT2D eigenvalue weighted by molar-refractivity contribution is -0.462. The highest BCUT2D eigenvalue weighted by Crippen LogP contribution is 2.39. The van der Waals surface area contributed by atoms with Gasteiger partial charge in [-0.15, -0.1) is 0 Å². The van der Waals surface area contributed by atoms with Gasteiger partial charge in [0.05, 0.1) is 0 Å². The van der Waals surface area contributed by atoms with Crippen molar-refractivity contribution < 1.29 is 25.4 Å². The molecule has 0 aromatic heterocycles. The number of hydrogen-bond acceptors (Lipinski definition) is 9. The van der Waals surface area contributed by atoms with E-state index in [0.29, 0.717) is 0 Å². The Balaban J connectivity index is 0.000000152. The minimum absolute atomic E-state index is 0.749. The van der Waals surface area contributed by atoms with Gasteiger partial charge in [-0.3, -0.25) is 16.2 Å². The molecule has 0 spiro atoms. The molecule has 0 saturated carbocycles. The van der Waals surface area contributed by atoms with E-state index in [-0.39, 0.29) is 0 Å². The highest BCUT2D eigenvalue weighted by Gasteiger charge is 2.22. The highest BCUT2D eigenvalue weighted by molar-refractivity contribution is 6.09. The molecule has 10 aromatic carbocycles. The van der Waals surface area contributed by atoms with Gasteiger partial charge in [0.15, 0.2) is 28.6 Å². The van der Waals surface area contributed by atoms with Crippen molar-refractivity contribution in [3.63, 3.8) is 0 Å². The zero-order chi connectivity index (χ0) is 89.9. The van der Waals surface area contributed by atoms with E-state index in [2.05, 4.69) is 313 Å². The van der Waals surface area contributed by atoms with Gasteiger partial charge in [0.2, 0.25) is 0 Å². The van der Waals surface area contributed by atoms with Crippen molar-refractivity contribution in [3.05, 3.63) is 451 Å². The monoisotopic (exact) mass is 1650 g/mol. The smallest absolute Gasteiger partial charge is 0.199 e. The van der Waals surface area contributed by atoms with Gasteiger partial charge >= 0.3 is 0 Å². The van der Waals surface area contributed by atoms with E-state index >= 15 is 0 Å². The lowest BCUT2D eigenvalue weighted by atomic mass is 9.88. The van der Waals surface area contributed by atoms with Crippen molar-refractivity contribution in [2.45, 2.75) is 41.5 Å². The Morgan fingerprint density at radius 3 is 0.728 bits per heavy atom. The normalized spacial score (nSPS) is 13.8. The van der Waals surface area contributed by atoms with Crippen LogP contribution in [-0.2, 0) is 0 Å². The van der Waals surface area contributed by atoms with Gasteiger partial charge in [0.25, 0.3) is 0 Å². The fourth-order valence-corrected chi connectivity index (χ4v) is 14.7. The van der Waals surface area contributed by atoms with E-state index in [9.17, 15) is 0 Å². The van der Waals surface area contributed by atoms with Gasteiger partial charge in [0, 0.05) is 153 Å². The van der Waals surface area contributed by atoms with Crippen LogP contribution in [0.3, 0.4) is 0 Å². The summed E-state index contributed by atoms with van der Waals surface area (Å²) in [5.41, 5.74) is 78.4. The topological polar surface area (TPSA) is 249 Å². The van der Waals surface area contributed by atoms with E-state index in [4.69, 9.17) is 50.6 Å². The van der Waals surface area contributed by atoms with Gasteiger partial charge in [-0.2, -0.15) is 0 Å². The second kappa shape index (κ2) is 41.4. The molecule has 0 heterocycles. The highest BCUT2D eigenvalue weighted by atomic mass is 15.1. The first-order valence-electron chi connectivity index (χ1n) is 41.8. The first kappa shape index (κ1) is 90.6. The number of aryl methyl sites for hydroxylation is 4. The van der Waals surface area contributed by atoms with Crippen LogP contribution in [0.25, 0.3) is 27.9 Å². The summed E-state index contributed by atoms with van der Waals surface area (Å²) in [5, 5.41) is 17.8. The van der Waals surface area contributed by atoms with Crippen molar-refractivity contribution in [2.24, 2.45) is 0 Å². The number of allylic oxidation sites excluding steroid dienone is 25. The van der Waals surface area contributed by atoms with Gasteiger partial charge in [-0.05, 0) is 345 Å². The number of anilines is 9. The number of nitrogens with zero attached hydrogens (tertiary/aromatic N) is 5. The molecule has 125 heavy (non-hydrogen) atoms. The van der Waals surface area contributed by atoms with E-state index in [1.165, 1.54) is 73.0 Å². The van der Waals surface area contributed by atoms with Crippen LogP contribution < -0.4 is 65.3 Å². The second-order valence-corrected chi connectivity index (χ2v) is 32.7. The van der Waals surface area contributed by atoms with Crippen LogP contribution in [0.4, 0.5) is 51.2 Å². The minimum Gasteiger partial charge on any atom is -0.399 e. The number of hydrogen-bond donors (Lipinski definition) is 9.